The highest BCUT2D eigenvalue weighted by molar-refractivity contribution is 7.27. The van der Waals surface area contributed by atoms with Gasteiger partial charge >= 0.3 is 0 Å². The Morgan fingerprint density at radius 1 is 0.351 bits per heavy atom. The van der Waals surface area contributed by atoms with Gasteiger partial charge in [-0.05, 0) is 65.7 Å². The lowest BCUT2D eigenvalue weighted by Gasteiger charge is -2.13. The maximum atomic E-state index is 5.33. The summed E-state index contributed by atoms with van der Waals surface area (Å²) in [5, 5.41) is 7.75. The summed E-state index contributed by atoms with van der Waals surface area (Å²) in [6, 6.07) is 67.6. The molecule has 3 nitrogen and oxygen atoms in total. The SMILES string of the molecule is c1ccc(-c2cccc(-c3nc(-c4cccc(-n5c6ccccc6c6c7sc8ccccc8c7ccc65)c4)cc(-c4ccc5c(c4)sc4ccccc45)n3)c2)cc1. The summed E-state index contributed by atoms with van der Waals surface area (Å²) in [4.78, 5) is 10.6. The summed E-state index contributed by atoms with van der Waals surface area (Å²) in [6.45, 7) is 0. The van der Waals surface area contributed by atoms with Gasteiger partial charge in [-0.3, -0.25) is 0 Å². The van der Waals surface area contributed by atoms with E-state index in [2.05, 4.69) is 193 Å². The van der Waals surface area contributed by atoms with Crippen molar-refractivity contribution in [2.75, 3.05) is 0 Å². The molecule has 266 valence electrons. The van der Waals surface area contributed by atoms with Crippen molar-refractivity contribution < 1.29 is 0 Å². The lowest BCUT2D eigenvalue weighted by atomic mass is 10.0. The fourth-order valence-corrected chi connectivity index (χ4v) is 10.9. The van der Waals surface area contributed by atoms with E-state index in [1.54, 1.807) is 0 Å². The van der Waals surface area contributed by atoms with E-state index in [0.29, 0.717) is 5.82 Å². The summed E-state index contributed by atoms with van der Waals surface area (Å²) >= 11 is 3.71. The van der Waals surface area contributed by atoms with E-state index in [1.165, 1.54) is 62.2 Å². The molecule has 5 heteroatoms. The Balaban J connectivity index is 1.05. The Hall–Kier alpha value is -6.92. The standard InChI is InChI=1S/C52H31N3S2/c1-2-12-32(13-3-1)33-14-10-16-36(28-33)52-53-43(31-44(54-52)35-24-25-40-38-18-5-8-22-47(38)56-49(40)30-35)34-15-11-17-37(29-34)55-45-21-7-4-20-42(45)50-46(55)27-26-41-39-19-6-9-23-48(39)57-51(41)50/h1-31H. The van der Waals surface area contributed by atoms with Crippen LogP contribution < -0.4 is 0 Å². The highest BCUT2D eigenvalue weighted by Crippen LogP contribution is 2.44. The zero-order valence-electron chi connectivity index (χ0n) is 30.6. The minimum atomic E-state index is 0.700. The first-order chi connectivity index (χ1) is 28.2. The van der Waals surface area contributed by atoms with Crippen molar-refractivity contribution in [3.05, 3.63) is 188 Å². The van der Waals surface area contributed by atoms with Gasteiger partial charge in [0.05, 0.1) is 22.4 Å². The van der Waals surface area contributed by atoms with Crippen LogP contribution in [0.2, 0.25) is 0 Å². The second-order valence-electron chi connectivity index (χ2n) is 14.6. The predicted octanol–water partition coefficient (Wildman–Crippen LogP) is 15.0. The zero-order valence-corrected chi connectivity index (χ0v) is 32.2. The van der Waals surface area contributed by atoms with Crippen LogP contribution in [0.15, 0.2) is 188 Å². The third kappa shape index (κ3) is 5.24. The van der Waals surface area contributed by atoms with Crippen LogP contribution in [0.3, 0.4) is 0 Å². The lowest BCUT2D eigenvalue weighted by molar-refractivity contribution is 1.16. The first-order valence-corrected chi connectivity index (χ1v) is 20.8. The van der Waals surface area contributed by atoms with Crippen molar-refractivity contribution in [2.24, 2.45) is 0 Å². The average molecular weight is 762 g/mol. The van der Waals surface area contributed by atoms with E-state index in [4.69, 9.17) is 9.97 Å². The van der Waals surface area contributed by atoms with Crippen molar-refractivity contribution in [2.45, 2.75) is 0 Å². The molecule has 0 N–H and O–H groups in total. The minimum absolute atomic E-state index is 0.700. The van der Waals surface area contributed by atoms with E-state index in [1.807, 2.05) is 22.7 Å². The van der Waals surface area contributed by atoms with E-state index in [0.717, 1.165) is 44.9 Å². The molecule has 12 aromatic rings. The molecule has 0 saturated carbocycles. The first kappa shape index (κ1) is 32.3. The summed E-state index contributed by atoms with van der Waals surface area (Å²) < 4.78 is 7.61. The summed E-state index contributed by atoms with van der Waals surface area (Å²) in [6.07, 6.45) is 0. The molecule has 12 rings (SSSR count). The van der Waals surface area contributed by atoms with Crippen LogP contribution in [0.4, 0.5) is 0 Å². The number of para-hydroxylation sites is 1. The number of hydrogen-bond acceptors (Lipinski definition) is 4. The predicted molar refractivity (Wildman–Crippen MR) is 244 cm³/mol. The van der Waals surface area contributed by atoms with Gasteiger partial charge in [0, 0.05) is 73.5 Å². The van der Waals surface area contributed by atoms with Gasteiger partial charge in [0.15, 0.2) is 5.82 Å². The van der Waals surface area contributed by atoms with Crippen LogP contribution in [0.1, 0.15) is 0 Å². The van der Waals surface area contributed by atoms with Gasteiger partial charge in [-0.1, -0.05) is 133 Å². The van der Waals surface area contributed by atoms with Crippen LogP contribution in [0.25, 0.3) is 113 Å². The largest absolute Gasteiger partial charge is 0.309 e. The van der Waals surface area contributed by atoms with Gasteiger partial charge < -0.3 is 4.57 Å². The molecule has 57 heavy (non-hydrogen) atoms. The smallest absolute Gasteiger partial charge is 0.160 e. The number of hydrogen-bond donors (Lipinski definition) is 0. The number of nitrogens with zero attached hydrogens (tertiary/aromatic N) is 3. The molecule has 4 heterocycles. The lowest BCUT2D eigenvalue weighted by Crippen LogP contribution is -1.98. The highest BCUT2D eigenvalue weighted by Gasteiger charge is 2.19. The molecule has 0 atom stereocenters. The van der Waals surface area contributed by atoms with E-state index in [-0.39, 0.29) is 0 Å². The fraction of sp³-hybridized carbons (Fsp3) is 0. The van der Waals surface area contributed by atoms with E-state index in [9.17, 15) is 0 Å². The molecule has 4 aromatic heterocycles. The molecule has 0 bridgehead atoms. The number of aromatic nitrogens is 3. The second kappa shape index (κ2) is 12.8. The monoisotopic (exact) mass is 761 g/mol. The van der Waals surface area contributed by atoms with Gasteiger partial charge in [0.2, 0.25) is 0 Å². The minimum Gasteiger partial charge on any atom is -0.309 e. The van der Waals surface area contributed by atoms with Crippen LogP contribution in [0, 0.1) is 0 Å². The summed E-state index contributed by atoms with van der Waals surface area (Å²) in [5.74, 6) is 0.700. The Kier molecular flexibility index (Phi) is 7.27. The van der Waals surface area contributed by atoms with Crippen LogP contribution in [0.5, 0.6) is 0 Å². The number of thiophene rings is 2. The quantitative estimate of drug-likeness (QED) is 0.175. The highest BCUT2D eigenvalue weighted by atomic mass is 32.1. The van der Waals surface area contributed by atoms with E-state index < -0.39 is 0 Å². The fourth-order valence-electron chi connectivity index (χ4n) is 8.54. The Labute approximate surface area is 336 Å². The maximum absolute atomic E-state index is 5.33. The molecule has 0 fully saturated rings. The van der Waals surface area contributed by atoms with Crippen molar-refractivity contribution >= 4 is 84.8 Å². The summed E-state index contributed by atoms with van der Waals surface area (Å²) in [5.41, 5.74) is 10.7. The average Bonchev–Trinajstić information content (AvgIpc) is 3.96. The van der Waals surface area contributed by atoms with Crippen molar-refractivity contribution in [3.63, 3.8) is 0 Å². The molecule has 0 unspecified atom stereocenters. The molecule has 0 amide bonds. The third-order valence-corrected chi connectivity index (χ3v) is 13.5. The number of benzene rings is 8. The van der Waals surface area contributed by atoms with E-state index >= 15 is 0 Å². The molecular weight excluding hydrogens is 731 g/mol. The summed E-state index contributed by atoms with van der Waals surface area (Å²) in [7, 11) is 0. The van der Waals surface area contributed by atoms with Crippen LogP contribution >= 0.6 is 22.7 Å². The van der Waals surface area contributed by atoms with Gasteiger partial charge in [0.25, 0.3) is 0 Å². The number of fused-ring (bicyclic) bond motifs is 10. The molecule has 0 spiro atoms. The van der Waals surface area contributed by atoms with Gasteiger partial charge in [-0.2, -0.15) is 0 Å². The topological polar surface area (TPSA) is 30.7 Å². The molecule has 8 aromatic carbocycles. The van der Waals surface area contributed by atoms with Gasteiger partial charge in [-0.25, -0.2) is 9.97 Å². The van der Waals surface area contributed by atoms with Gasteiger partial charge in [-0.15, -0.1) is 22.7 Å². The van der Waals surface area contributed by atoms with Crippen molar-refractivity contribution in [1.82, 2.24) is 14.5 Å². The second-order valence-corrected chi connectivity index (χ2v) is 16.7. The Morgan fingerprint density at radius 2 is 0.965 bits per heavy atom. The molecule has 0 radical (unpaired) electrons. The Bertz CT molecular complexity index is 3540. The van der Waals surface area contributed by atoms with Crippen LogP contribution in [-0.4, -0.2) is 14.5 Å². The van der Waals surface area contributed by atoms with Crippen molar-refractivity contribution in [1.29, 1.82) is 0 Å². The molecular formula is C52H31N3S2. The third-order valence-electron chi connectivity index (χ3n) is 11.2. The molecule has 0 aliphatic rings. The van der Waals surface area contributed by atoms with Crippen LogP contribution in [-0.2, 0) is 0 Å². The molecule has 0 aliphatic heterocycles. The number of rotatable bonds is 5. The van der Waals surface area contributed by atoms with Gasteiger partial charge in [0.1, 0.15) is 0 Å². The zero-order chi connectivity index (χ0) is 37.5. The first-order valence-electron chi connectivity index (χ1n) is 19.1. The maximum Gasteiger partial charge on any atom is 0.160 e. The molecule has 0 saturated heterocycles. The van der Waals surface area contributed by atoms with Crippen molar-refractivity contribution in [3.8, 4) is 50.7 Å². The Morgan fingerprint density at radius 3 is 1.81 bits per heavy atom. The molecule has 0 aliphatic carbocycles. The normalized spacial score (nSPS) is 11.9.